The number of carboxylic acid groups (broad SMARTS) is 1. The van der Waals surface area contributed by atoms with Gasteiger partial charge in [0.05, 0.1) is 17.9 Å². The van der Waals surface area contributed by atoms with Gasteiger partial charge in [0.2, 0.25) is 0 Å². The van der Waals surface area contributed by atoms with E-state index in [0.717, 1.165) is 30.7 Å². The van der Waals surface area contributed by atoms with Crippen molar-refractivity contribution in [2.24, 2.45) is 0 Å². The summed E-state index contributed by atoms with van der Waals surface area (Å²) in [6.45, 7) is 2.82. The van der Waals surface area contributed by atoms with Gasteiger partial charge in [0.25, 0.3) is 0 Å². The van der Waals surface area contributed by atoms with Crippen LogP contribution in [-0.4, -0.2) is 23.7 Å². The summed E-state index contributed by atoms with van der Waals surface area (Å²) in [6, 6.07) is 28.0. The standard InChI is InChI=1S/C32H32FNO3.ClH/c1-22(26-15-7-11-23-10-2-3-14-27(23)26)9-6-13-25-21-34(28-16-4-5-18-30(28)37-25)29-17-8-12-24(32(29)33)19-20-31(35)36;/h2-5,7-8,10-12,14-18,22,25H,6,9,13,19-21H2,1H3,(H,35,36);1H/t22-,25?;/m0./s1. The van der Waals surface area contributed by atoms with Crippen LogP contribution < -0.4 is 9.64 Å². The first kappa shape index (κ1) is 27.5. The van der Waals surface area contributed by atoms with Gasteiger partial charge in [-0.2, -0.15) is 0 Å². The predicted molar refractivity (Wildman–Crippen MR) is 154 cm³/mol. The number of nitrogens with zero attached hydrogens (tertiary/aromatic N) is 1. The first-order valence-corrected chi connectivity index (χ1v) is 13.0. The summed E-state index contributed by atoms with van der Waals surface area (Å²) >= 11 is 0. The largest absolute Gasteiger partial charge is 0.486 e. The first-order valence-electron chi connectivity index (χ1n) is 13.0. The molecule has 1 unspecified atom stereocenters. The number of hydrogen-bond acceptors (Lipinski definition) is 3. The highest BCUT2D eigenvalue weighted by molar-refractivity contribution is 5.86. The van der Waals surface area contributed by atoms with Crippen LogP contribution in [0.5, 0.6) is 5.75 Å². The van der Waals surface area contributed by atoms with Crippen LogP contribution in [0.3, 0.4) is 0 Å². The van der Waals surface area contributed by atoms with E-state index in [9.17, 15) is 4.79 Å². The summed E-state index contributed by atoms with van der Waals surface area (Å²) in [5.41, 5.74) is 3.09. The van der Waals surface area contributed by atoms with Crippen LogP contribution in [0.25, 0.3) is 10.8 Å². The fraction of sp³-hybridized carbons (Fsp3) is 0.281. The minimum Gasteiger partial charge on any atom is -0.486 e. The summed E-state index contributed by atoms with van der Waals surface area (Å²) in [5, 5.41) is 11.6. The molecule has 1 heterocycles. The van der Waals surface area contributed by atoms with Crippen LogP contribution in [0.2, 0.25) is 0 Å². The number of rotatable bonds is 9. The molecule has 0 amide bonds. The Morgan fingerprint density at radius 3 is 2.55 bits per heavy atom. The average Bonchev–Trinajstić information content (AvgIpc) is 2.91. The number of carbonyl (C=O) groups is 1. The lowest BCUT2D eigenvalue weighted by Gasteiger charge is -2.37. The second-order valence-electron chi connectivity index (χ2n) is 9.86. The molecule has 0 radical (unpaired) electrons. The van der Waals surface area contributed by atoms with E-state index in [1.165, 1.54) is 16.3 Å². The Morgan fingerprint density at radius 1 is 1.00 bits per heavy atom. The normalized spacial score (nSPS) is 15.3. The van der Waals surface area contributed by atoms with Crippen molar-refractivity contribution in [3.63, 3.8) is 0 Å². The van der Waals surface area contributed by atoms with Gasteiger partial charge in [0, 0.05) is 6.42 Å². The quantitative estimate of drug-likeness (QED) is 0.235. The highest BCUT2D eigenvalue weighted by atomic mass is 35.5. The molecule has 0 bridgehead atoms. The zero-order valence-electron chi connectivity index (χ0n) is 21.5. The molecule has 0 fully saturated rings. The van der Waals surface area contributed by atoms with Crippen molar-refractivity contribution in [3.05, 3.63) is 102 Å². The fourth-order valence-electron chi connectivity index (χ4n) is 5.37. The zero-order chi connectivity index (χ0) is 25.8. The third kappa shape index (κ3) is 5.94. The minimum atomic E-state index is -0.931. The van der Waals surface area contributed by atoms with Gasteiger partial charge in [0.1, 0.15) is 17.7 Å². The number of aryl methyl sites for hydroxylation is 1. The fourth-order valence-corrected chi connectivity index (χ4v) is 5.37. The summed E-state index contributed by atoms with van der Waals surface area (Å²) in [5.74, 6) is -0.124. The van der Waals surface area contributed by atoms with Crippen molar-refractivity contribution >= 4 is 40.5 Å². The zero-order valence-corrected chi connectivity index (χ0v) is 22.3. The van der Waals surface area contributed by atoms with Gasteiger partial charge in [-0.3, -0.25) is 4.79 Å². The number of aliphatic carboxylic acids is 1. The van der Waals surface area contributed by atoms with Crippen LogP contribution >= 0.6 is 12.4 Å². The molecule has 1 N–H and O–H groups in total. The molecule has 4 aromatic carbocycles. The van der Waals surface area contributed by atoms with Crippen LogP contribution in [-0.2, 0) is 11.2 Å². The Hall–Kier alpha value is -3.57. The van der Waals surface area contributed by atoms with Crippen molar-refractivity contribution in [1.29, 1.82) is 0 Å². The summed E-state index contributed by atoms with van der Waals surface area (Å²) < 4.78 is 21.9. The van der Waals surface area contributed by atoms with Crippen molar-refractivity contribution in [2.75, 3.05) is 11.4 Å². The SMILES string of the molecule is C[C@@H](CCCC1CN(c2cccc(CCC(=O)O)c2F)c2ccccc2O1)c1cccc2ccccc12.Cl. The molecule has 4 nitrogen and oxygen atoms in total. The van der Waals surface area contributed by atoms with Crippen molar-refractivity contribution in [1.82, 2.24) is 0 Å². The third-order valence-corrected chi connectivity index (χ3v) is 7.31. The van der Waals surface area contributed by atoms with Gasteiger partial charge >= 0.3 is 5.97 Å². The number of para-hydroxylation sites is 2. The Kier molecular flexibility index (Phi) is 8.90. The molecule has 5 rings (SSSR count). The van der Waals surface area contributed by atoms with E-state index < -0.39 is 5.97 Å². The van der Waals surface area contributed by atoms with Gasteiger partial charge < -0.3 is 14.7 Å². The van der Waals surface area contributed by atoms with Crippen LogP contribution in [0.4, 0.5) is 15.8 Å². The Morgan fingerprint density at radius 2 is 1.71 bits per heavy atom. The Bertz CT molecular complexity index is 1400. The average molecular weight is 534 g/mol. The topological polar surface area (TPSA) is 49.8 Å². The Labute approximate surface area is 229 Å². The summed E-state index contributed by atoms with van der Waals surface area (Å²) in [4.78, 5) is 13.0. The second kappa shape index (κ2) is 12.3. The maximum absolute atomic E-state index is 15.5. The van der Waals surface area contributed by atoms with E-state index in [4.69, 9.17) is 9.84 Å². The maximum atomic E-state index is 15.5. The first-order chi connectivity index (χ1) is 18.0. The van der Waals surface area contributed by atoms with E-state index in [2.05, 4.69) is 49.4 Å². The van der Waals surface area contributed by atoms with Gasteiger partial charge in [-0.25, -0.2) is 4.39 Å². The molecular formula is C32H33ClFNO3. The number of hydrogen-bond donors (Lipinski definition) is 1. The number of anilines is 2. The maximum Gasteiger partial charge on any atom is 0.303 e. The minimum absolute atomic E-state index is 0. The van der Waals surface area contributed by atoms with Gasteiger partial charge in [-0.1, -0.05) is 73.7 Å². The number of ether oxygens (including phenoxy) is 1. The number of halogens is 2. The molecule has 0 saturated carbocycles. The van der Waals surface area contributed by atoms with Crippen LogP contribution in [0.15, 0.2) is 84.9 Å². The van der Waals surface area contributed by atoms with Crippen LogP contribution in [0.1, 0.15) is 49.7 Å². The lowest BCUT2D eigenvalue weighted by molar-refractivity contribution is -0.136. The molecule has 0 saturated heterocycles. The van der Waals surface area contributed by atoms with Gasteiger partial charge in [0.15, 0.2) is 0 Å². The van der Waals surface area contributed by atoms with Crippen molar-refractivity contribution < 1.29 is 19.0 Å². The number of fused-ring (bicyclic) bond motifs is 2. The van der Waals surface area contributed by atoms with E-state index in [0.29, 0.717) is 23.7 Å². The molecule has 38 heavy (non-hydrogen) atoms. The molecule has 0 aliphatic carbocycles. The second-order valence-corrected chi connectivity index (χ2v) is 9.86. The molecule has 6 heteroatoms. The van der Waals surface area contributed by atoms with E-state index >= 15 is 4.39 Å². The summed E-state index contributed by atoms with van der Waals surface area (Å²) in [6.07, 6.45) is 2.88. The van der Waals surface area contributed by atoms with E-state index in [1.807, 2.05) is 29.2 Å². The molecule has 1 aliphatic rings. The molecular weight excluding hydrogens is 501 g/mol. The summed E-state index contributed by atoms with van der Waals surface area (Å²) in [7, 11) is 0. The van der Waals surface area contributed by atoms with Gasteiger partial charge in [-0.15, -0.1) is 12.4 Å². The highest BCUT2D eigenvalue weighted by Crippen LogP contribution is 2.40. The smallest absolute Gasteiger partial charge is 0.303 e. The number of carboxylic acids is 1. The molecule has 0 aromatic heterocycles. The Balaban J connectivity index is 0.00000336. The molecule has 4 aromatic rings. The third-order valence-electron chi connectivity index (χ3n) is 7.31. The predicted octanol–water partition coefficient (Wildman–Crippen LogP) is 8.29. The monoisotopic (exact) mass is 533 g/mol. The van der Waals surface area contributed by atoms with E-state index in [-0.39, 0.29) is 37.2 Å². The molecule has 1 aliphatic heterocycles. The molecule has 198 valence electrons. The van der Waals surface area contributed by atoms with Crippen LogP contribution in [0, 0.1) is 5.82 Å². The lowest BCUT2D eigenvalue weighted by Crippen LogP contribution is -2.37. The van der Waals surface area contributed by atoms with E-state index in [1.54, 1.807) is 18.2 Å². The highest BCUT2D eigenvalue weighted by Gasteiger charge is 2.28. The van der Waals surface area contributed by atoms with Crippen molar-refractivity contribution in [3.8, 4) is 5.75 Å². The molecule has 2 atom stereocenters. The lowest BCUT2D eigenvalue weighted by atomic mass is 9.90. The number of benzene rings is 4. The van der Waals surface area contributed by atoms with Crippen molar-refractivity contribution in [2.45, 2.75) is 51.0 Å². The van der Waals surface area contributed by atoms with Gasteiger partial charge in [-0.05, 0) is 71.7 Å². The molecule has 0 spiro atoms.